The van der Waals surface area contributed by atoms with E-state index >= 15 is 0 Å². The van der Waals surface area contributed by atoms with Crippen molar-refractivity contribution in [3.05, 3.63) is 12.3 Å². The highest BCUT2D eigenvalue weighted by Gasteiger charge is 2.31. The van der Waals surface area contributed by atoms with Crippen molar-refractivity contribution in [1.82, 2.24) is 15.0 Å². The zero-order valence-electron chi connectivity index (χ0n) is 16.4. The Kier molecular flexibility index (Phi) is 4.65. The number of rotatable bonds is 5. The molecule has 0 aliphatic carbocycles. The maximum Gasteiger partial charge on any atom is 0.228 e. The quantitative estimate of drug-likeness (QED) is 0.731. The van der Waals surface area contributed by atoms with Gasteiger partial charge in [0.15, 0.2) is 5.82 Å². The van der Waals surface area contributed by atoms with Crippen LogP contribution in [0.4, 0.5) is 17.5 Å². The minimum atomic E-state index is 0.252. The van der Waals surface area contributed by atoms with Crippen LogP contribution >= 0.6 is 0 Å². The Morgan fingerprint density at radius 3 is 2.29 bits per heavy atom. The van der Waals surface area contributed by atoms with E-state index in [0.717, 1.165) is 67.8 Å². The summed E-state index contributed by atoms with van der Waals surface area (Å²) in [6.45, 7) is 6.47. The molecule has 0 saturated carbocycles. The molecule has 0 radical (unpaired) electrons. The minimum absolute atomic E-state index is 0.252. The van der Waals surface area contributed by atoms with Crippen molar-refractivity contribution in [2.24, 2.45) is 0 Å². The van der Waals surface area contributed by atoms with E-state index in [9.17, 15) is 0 Å². The van der Waals surface area contributed by atoms with Crippen molar-refractivity contribution < 1.29 is 14.2 Å². The van der Waals surface area contributed by atoms with E-state index in [0.29, 0.717) is 19.3 Å². The number of nitrogens with zero attached hydrogens (tertiary/aromatic N) is 6. The number of hydrogen-bond acceptors (Lipinski definition) is 9. The Balaban J connectivity index is 1.50. The fourth-order valence-electron chi connectivity index (χ4n) is 3.84. The molecule has 9 heteroatoms. The normalized spacial score (nSPS) is 21.1. The van der Waals surface area contributed by atoms with Gasteiger partial charge in [0.1, 0.15) is 5.52 Å². The second kappa shape index (κ2) is 7.31. The third kappa shape index (κ3) is 3.13. The fraction of sp³-hybridized carbons (Fsp3) is 0.632. The van der Waals surface area contributed by atoms with Crippen LogP contribution < -0.4 is 14.7 Å². The van der Waals surface area contributed by atoms with Crippen LogP contribution in [0.1, 0.15) is 0 Å². The standard InChI is InChI=1S/C19H26N6O3/c1-26-14-9-24(10-14)13-7-16-17(20-8-13)18(23-3-5-28-6-4-23)22-19(21-16)25-11-15(12-25)27-2/h7-8,14-15H,3-6,9-12H2,1-2H3. The van der Waals surface area contributed by atoms with E-state index in [1.807, 2.05) is 6.20 Å². The lowest BCUT2D eigenvalue weighted by molar-refractivity contribution is 0.0778. The molecule has 0 N–H and O–H groups in total. The van der Waals surface area contributed by atoms with E-state index in [-0.39, 0.29) is 6.10 Å². The molecule has 0 aromatic carbocycles. The number of methoxy groups -OCH3 is 2. The van der Waals surface area contributed by atoms with Gasteiger partial charge in [0.25, 0.3) is 0 Å². The molecule has 5 rings (SSSR count). The molecule has 0 spiro atoms. The van der Waals surface area contributed by atoms with Gasteiger partial charge in [-0.2, -0.15) is 4.98 Å². The summed E-state index contributed by atoms with van der Waals surface area (Å²) in [6, 6.07) is 2.12. The van der Waals surface area contributed by atoms with Crippen LogP contribution in [-0.2, 0) is 14.2 Å². The molecular formula is C19H26N6O3. The Morgan fingerprint density at radius 1 is 0.929 bits per heavy atom. The zero-order chi connectivity index (χ0) is 19.1. The molecule has 5 heterocycles. The maximum absolute atomic E-state index is 5.51. The summed E-state index contributed by atoms with van der Waals surface area (Å²) >= 11 is 0. The van der Waals surface area contributed by atoms with Gasteiger partial charge in [-0.3, -0.25) is 0 Å². The van der Waals surface area contributed by atoms with Gasteiger partial charge in [0.05, 0.1) is 42.8 Å². The molecule has 0 bridgehead atoms. The largest absolute Gasteiger partial charge is 0.378 e. The van der Waals surface area contributed by atoms with Crippen LogP contribution in [0, 0.1) is 0 Å². The number of pyridine rings is 1. The van der Waals surface area contributed by atoms with Crippen LogP contribution in [0.2, 0.25) is 0 Å². The molecule has 3 aliphatic heterocycles. The summed E-state index contributed by atoms with van der Waals surface area (Å²) in [5, 5.41) is 0. The summed E-state index contributed by atoms with van der Waals surface area (Å²) in [7, 11) is 3.51. The van der Waals surface area contributed by atoms with Gasteiger partial charge >= 0.3 is 0 Å². The highest BCUT2D eigenvalue weighted by molar-refractivity contribution is 5.89. The molecule has 3 saturated heterocycles. The average molecular weight is 386 g/mol. The molecule has 150 valence electrons. The number of hydrogen-bond donors (Lipinski definition) is 0. The topological polar surface area (TPSA) is 76.1 Å². The fourth-order valence-corrected chi connectivity index (χ4v) is 3.84. The first-order valence-electron chi connectivity index (χ1n) is 9.81. The lowest BCUT2D eigenvalue weighted by Gasteiger charge is -2.40. The molecule has 0 atom stereocenters. The van der Waals surface area contributed by atoms with Gasteiger partial charge in [0, 0.05) is 53.5 Å². The van der Waals surface area contributed by atoms with E-state index in [4.69, 9.17) is 29.2 Å². The van der Waals surface area contributed by atoms with Gasteiger partial charge in [-0.05, 0) is 6.07 Å². The smallest absolute Gasteiger partial charge is 0.228 e. The number of aromatic nitrogens is 3. The summed E-state index contributed by atoms with van der Waals surface area (Å²) in [5.74, 6) is 1.65. The first kappa shape index (κ1) is 17.8. The van der Waals surface area contributed by atoms with Gasteiger partial charge in [0.2, 0.25) is 5.95 Å². The second-order valence-corrected chi connectivity index (χ2v) is 7.53. The van der Waals surface area contributed by atoms with Crippen molar-refractivity contribution >= 4 is 28.5 Å². The molecule has 0 amide bonds. The van der Waals surface area contributed by atoms with E-state index in [1.54, 1.807) is 14.2 Å². The first-order chi connectivity index (χ1) is 13.7. The van der Waals surface area contributed by atoms with Crippen molar-refractivity contribution in [2.75, 3.05) is 81.4 Å². The SMILES string of the molecule is COC1CN(c2cnc3c(N4CCOCC4)nc(N4CC(OC)C4)nc3c2)C1. The highest BCUT2D eigenvalue weighted by Crippen LogP contribution is 2.31. The molecule has 3 fully saturated rings. The average Bonchev–Trinajstić information content (AvgIpc) is 2.66. The minimum Gasteiger partial charge on any atom is -0.378 e. The maximum atomic E-state index is 5.51. The molecule has 28 heavy (non-hydrogen) atoms. The van der Waals surface area contributed by atoms with E-state index in [1.165, 1.54) is 0 Å². The monoisotopic (exact) mass is 386 g/mol. The second-order valence-electron chi connectivity index (χ2n) is 7.53. The third-order valence-corrected chi connectivity index (χ3v) is 5.81. The van der Waals surface area contributed by atoms with Crippen molar-refractivity contribution in [2.45, 2.75) is 12.2 Å². The molecule has 9 nitrogen and oxygen atoms in total. The van der Waals surface area contributed by atoms with Crippen molar-refractivity contribution in [3.63, 3.8) is 0 Å². The Bertz CT molecular complexity index is 842. The highest BCUT2D eigenvalue weighted by atomic mass is 16.5. The molecule has 2 aromatic heterocycles. The predicted molar refractivity (Wildman–Crippen MR) is 106 cm³/mol. The summed E-state index contributed by atoms with van der Waals surface area (Å²) < 4.78 is 16.3. The van der Waals surface area contributed by atoms with Crippen LogP contribution in [0.5, 0.6) is 0 Å². The van der Waals surface area contributed by atoms with Crippen LogP contribution in [0.15, 0.2) is 12.3 Å². The number of fused-ring (bicyclic) bond motifs is 1. The van der Waals surface area contributed by atoms with E-state index < -0.39 is 0 Å². The van der Waals surface area contributed by atoms with Crippen LogP contribution in [-0.4, -0.2) is 93.9 Å². The zero-order valence-corrected chi connectivity index (χ0v) is 16.4. The van der Waals surface area contributed by atoms with Crippen LogP contribution in [0.25, 0.3) is 11.0 Å². The van der Waals surface area contributed by atoms with Crippen LogP contribution in [0.3, 0.4) is 0 Å². The van der Waals surface area contributed by atoms with E-state index in [2.05, 4.69) is 20.8 Å². The van der Waals surface area contributed by atoms with Gasteiger partial charge in [-0.15, -0.1) is 0 Å². The summed E-state index contributed by atoms with van der Waals surface area (Å²) in [6.07, 6.45) is 2.47. The van der Waals surface area contributed by atoms with Crippen molar-refractivity contribution in [3.8, 4) is 0 Å². The molecule has 0 unspecified atom stereocenters. The predicted octanol–water partition coefficient (Wildman–Crippen LogP) is 0.531. The Morgan fingerprint density at radius 2 is 1.61 bits per heavy atom. The summed E-state index contributed by atoms with van der Waals surface area (Å²) in [5.41, 5.74) is 2.81. The summed E-state index contributed by atoms with van der Waals surface area (Å²) in [4.78, 5) is 21.2. The van der Waals surface area contributed by atoms with Crippen molar-refractivity contribution in [1.29, 1.82) is 0 Å². The number of morpholine rings is 1. The molecule has 2 aromatic rings. The van der Waals surface area contributed by atoms with Gasteiger partial charge in [-0.1, -0.05) is 0 Å². The lowest BCUT2D eigenvalue weighted by atomic mass is 10.1. The number of anilines is 3. The van der Waals surface area contributed by atoms with Gasteiger partial charge in [-0.25, -0.2) is 9.97 Å². The first-order valence-corrected chi connectivity index (χ1v) is 9.81. The Labute approximate surface area is 164 Å². The molecular weight excluding hydrogens is 360 g/mol. The van der Waals surface area contributed by atoms with Gasteiger partial charge < -0.3 is 28.9 Å². The third-order valence-electron chi connectivity index (χ3n) is 5.81. The number of ether oxygens (including phenoxy) is 3. The Hall–Kier alpha value is -2.23. The lowest BCUT2D eigenvalue weighted by Crippen LogP contribution is -2.52. The molecule has 3 aliphatic rings.